The highest BCUT2D eigenvalue weighted by Crippen LogP contribution is 2.37. The number of hydrogen-bond donors (Lipinski definition) is 6. The molecule has 4 fully saturated rings. The number of anilines is 2. The van der Waals surface area contributed by atoms with Crippen molar-refractivity contribution in [3.8, 4) is 23.7 Å². The number of ether oxygens (including phenoxy) is 6. The quantitative estimate of drug-likeness (QED) is 0.0468. The summed E-state index contributed by atoms with van der Waals surface area (Å²) in [6, 6.07) is 29.0. The monoisotopic (exact) mass is 1210 g/mol. The molecule has 0 bridgehead atoms. The average molecular weight is 1210 g/mol. The molecule has 0 radical (unpaired) electrons. The van der Waals surface area contributed by atoms with E-state index in [1.807, 2.05) is 60.7 Å². The second kappa shape index (κ2) is 31.4. The van der Waals surface area contributed by atoms with Crippen LogP contribution in [0.15, 0.2) is 121 Å². The second-order valence-corrected chi connectivity index (χ2v) is 21.6. The van der Waals surface area contributed by atoms with Gasteiger partial charge in [-0.3, -0.25) is 39.6 Å². The molecule has 8 amide bonds. The standard InChI is InChI=1S/C64H76N10O14/c1-41(65-5)57(75)69-53(59(77)71-33-31-49-55(71)51(87-61(79)67-47-27-17-11-18-28-47)37-73(49)63(81)85-39-45-23-13-9-14-24-45)43(3)83-35-21-7-8-22-36-84-44(4)54(70-58(76)42(2)66-6)60(78)72-34-32-50-56(72)52(88-62(80)68-48-29-19-12-20-30-48)38-74(50)64(82)86-40-46-25-15-10-16-26-46/h9-20,23-30,41-44,49-56,65-66H,31-40H2,1-6H3,(H,67,79)(H,68,80)(H,69,75)(H,70,76)/t41-,42-,43+,44+,49+,50+,51-,52-,53-,54-,55-,56-/m0/s1. The van der Waals surface area contributed by atoms with E-state index in [1.165, 1.54) is 19.6 Å². The molecule has 4 saturated heterocycles. The van der Waals surface area contributed by atoms with E-state index in [2.05, 4.69) is 55.6 Å². The summed E-state index contributed by atoms with van der Waals surface area (Å²) in [5.74, 6) is 8.98. The lowest BCUT2D eigenvalue weighted by Gasteiger charge is -2.33. The van der Waals surface area contributed by atoms with Gasteiger partial charge < -0.3 is 59.5 Å². The van der Waals surface area contributed by atoms with Gasteiger partial charge in [-0.2, -0.15) is 0 Å². The predicted molar refractivity (Wildman–Crippen MR) is 322 cm³/mol. The first-order chi connectivity index (χ1) is 42.5. The van der Waals surface area contributed by atoms with Crippen LogP contribution in [0, 0.1) is 23.7 Å². The molecular formula is C64H76N10O14. The highest BCUT2D eigenvalue weighted by molar-refractivity contribution is 5.92. The van der Waals surface area contributed by atoms with Crippen molar-refractivity contribution in [1.82, 2.24) is 40.9 Å². The molecule has 0 aliphatic carbocycles. The van der Waals surface area contributed by atoms with Crippen LogP contribution in [0.1, 0.15) is 51.7 Å². The van der Waals surface area contributed by atoms with Gasteiger partial charge in [-0.15, -0.1) is 0 Å². The fourth-order valence-corrected chi connectivity index (χ4v) is 11.0. The lowest BCUT2D eigenvalue weighted by molar-refractivity contribution is -0.143. The molecule has 4 heterocycles. The summed E-state index contributed by atoms with van der Waals surface area (Å²) in [7, 11) is 3.21. The highest BCUT2D eigenvalue weighted by atomic mass is 16.6. The fraction of sp³-hybridized carbons (Fsp3) is 0.438. The van der Waals surface area contributed by atoms with Crippen LogP contribution in [-0.4, -0.2) is 194 Å². The smallest absolute Gasteiger partial charge is 0.412 e. The molecule has 88 heavy (non-hydrogen) atoms. The van der Waals surface area contributed by atoms with Crippen LogP contribution in [0.5, 0.6) is 0 Å². The summed E-state index contributed by atoms with van der Waals surface area (Å²) in [4.78, 5) is 117. The Morgan fingerprint density at radius 2 is 0.852 bits per heavy atom. The lowest BCUT2D eigenvalue weighted by atomic mass is 10.1. The predicted octanol–water partition coefficient (Wildman–Crippen LogP) is 4.47. The van der Waals surface area contributed by atoms with Crippen molar-refractivity contribution in [3.63, 3.8) is 0 Å². The third kappa shape index (κ3) is 16.9. The summed E-state index contributed by atoms with van der Waals surface area (Å²) < 4.78 is 35.5. The lowest BCUT2D eigenvalue weighted by Crippen LogP contribution is -2.59. The minimum absolute atomic E-state index is 0.00268. The molecule has 8 rings (SSSR count). The Bertz CT molecular complexity index is 2970. The van der Waals surface area contributed by atoms with Crippen molar-refractivity contribution >= 4 is 59.4 Å². The van der Waals surface area contributed by atoms with Gasteiger partial charge in [-0.25, -0.2) is 19.2 Å². The molecule has 466 valence electrons. The first-order valence-corrected chi connectivity index (χ1v) is 29.3. The first-order valence-electron chi connectivity index (χ1n) is 29.3. The molecule has 0 unspecified atom stereocenters. The SMILES string of the molecule is CN[C@@H](C)C(=O)N[C@H](C(=O)N1CC[C@@H]2[C@H]1[C@@H](OC(=O)Nc1ccccc1)CN2C(=O)OCc1ccccc1)[C@@H](C)OCC#CC#CCO[C@H](C)[C@H](NC(=O)[C@H](C)NC)C(=O)N1CC[C@@H]2[C@H]1[C@@H](OC(=O)Nc1ccccc1)CN2C(=O)OCc1ccccc1. The van der Waals surface area contributed by atoms with E-state index in [0.29, 0.717) is 24.2 Å². The molecule has 24 heteroatoms. The van der Waals surface area contributed by atoms with Gasteiger partial charge in [0.2, 0.25) is 23.6 Å². The van der Waals surface area contributed by atoms with Crippen LogP contribution >= 0.6 is 0 Å². The molecule has 4 aliphatic heterocycles. The van der Waals surface area contributed by atoms with Crippen LogP contribution in [-0.2, 0) is 60.8 Å². The van der Waals surface area contributed by atoms with Crippen LogP contribution in [0.3, 0.4) is 0 Å². The van der Waals surface area contributed by atoms with Gasteiger partial charge in [0.05, 0.1) is 61.5 Å². The number of nitrogens with one attached hydrogen (secondary N) is 6. The van der Waals surface area contributed by atoms with E-state index in [0.717, 1.165) is 11.1 Å². The first kappa shape index (κ1) is 64.8. The van der Waals surface area contributed by atoms with Crippen molar-refractivity contribution in [2.45, 2.75) is 127 Å². The zero-order chi connectivity index (χ0) is 62.7. The molecule has 0 spiro atoms. The minimum Gasteiger partial charge on any atom is -0.445 e. The number of benzene rings is 4. The third-order valence-corrected chi connectivity index (χ3v) is 16.0. The van der Waals surface area contributed by atoms with Gasteiger partial charge in [0.25, 0.3) is 0 Å². The Morgan fingerprint density at radius 3 is 1.20 bits per heavy atom. The van der Waals surface area contributed by atoms with Crippen LogP contribution in [0.2, 0.25) is 0 Å². The summed E-state index contributed by atoms with van der Waals surface area (Å²) in [6.07, 6.45) is -6.08. The molecule has 12 atom stereocenters. The largest absolute Gasteiger partial charge is 0.445 e. The third-order valence-electron chi connectivity index (χ3n) is 16.0. The topological polar surface area (TPSA) is 277 Å². The number of para-hydroxylation sites is 2. The van der Waals surface area contributed by atoms with E-state index in [4.69, 9.17) is 28.4 Å². The van der Waals surface area contributed by atoms with Gasteiger partial charge in [0.15, 0.2) is 0 Å². The van der Waals surface area contributed by atoms with Gasteiger partial charge in [0.1, 0.15) is 50.7 Å². The van der Waals surface area contributed by atoms with Gasteiger partial charge in [-0.1, -0.05) is 109 Å². The number of likely N-dealkylation sites (N-methyl/N-ethyl adjacent to an activating group) is 2. The molecular weight excluding hydrogens is 1130 g/mol. The fourth-order valence-electron chi connectivity index (χ4n) is 11.0. The average Bonchev–Trinajstić information content (AvgIpc) is 1.70. The van der Waals surface area contributed by atoms with Crippen LogP contribution < -0.4 is 31.9 Å². The normalized spacial score (nSPS) is 21.0. The summed E-state index contributed by atoms with van der Waals surface area (Å²) in [6.45, 7) is 6.23. The van der Waals surface area contributed by atoms with E-state index in [-0.39, 0.29) is 52.6 Å². The number of fused-ring (bicyclic) bond motifs is 2. The number of nitrogens with zero attached hydrogens (tertiary/aromatic N) is 4. The number of rotatable bonds is 22. The molecule has 4 aromatic rings. The zero-order valence-corrected chi connectivity index (χ0v) is 50.1. The molecule has 0 saturated carbocycles. The summed E-state index contributed by atoms with van der Waals surface area (Å²) >= 11 is 0. The van der Waals surface area contributed by atoms with Gasteiger partial charge >= 0.3 is 24.4 Å². The van der Waals surface area contributed by atoms with Crippen molar-refractivity contribution in [2.24, 2.45) is 0 Å². The van der Waals surface area contributed by atoms with Crippen molar-refractivity contribution in [1.29, 1.82) is 0 Å². The van der Waals surface area contributed by atoms with Gasteiger partial charge in [-0.05, 0) is 102 Å². The molecule has 4 aliphatic rings. The minimum atomic E-state index is -1.26. The second-order valence-electron chi connectivity index (χ2n) is 21.6. The Hall–Kier alpha value is -9.20. The van der Waals surface area contributed by atoms with Crippen LogP contribution in [0.4, 0.5) is 30.6 Å². The molecule has 24 nitrogen and oxygen atoms in total. The zero-order valence-electron chi connectivity index (χ0n) is 50.1. The number of hydrogen-bond acceptors (Lipinski definition) is 16. The van der Waals surface area contributed by atoms with E-state index in [1.54, 1.807) is 102 Å². The van der Waals surface area contributed by atoms with Crippen molar-refractivity contribution < 1.29 is 66.8 Å². The van der Waals surface area contributed by atoms with Crippen molar-refractivity contribution in [2.75, 3.05) is 64.1 Å². The maximum Gasteiger partial charge on any atom is 0.412 e. The van der Waals surface area contributed by atoms with E-state index < -0.39 is 121 Å². The molecule has 0 aromatic heterocycles. The summed E-state index contributed by atoms with van der Waals surface area (Å²) in [5, 5.41) is 16.8. The Labute approximate surface area is 511 Å². The Kier molecular flexibility index (Phi) is 23.2. The van der Waals surface area contributed by atoms with Crippen LogP contribution in [0.25, 0.3) is 0 Å². The number of likely N-dealkylation sites (tertiary alicyclic amines) is 4. The maximum absolute atomic E-state index is 14.8. The number of carbonyl (C=O) groups excluding carboxylic acids is 8. The highest BCUT2D eigenvalue weighted by Gasteiger charge is 2.57. The van der Waals surface area contributed by atoms with Crippen molar-refractivity contribution in [3.05, 3.63) is 132 Å². The Morgan fingerprint density at radius 1 is 0.500 bits per heavy atom. The summed E-state index contributed by atoms with van der Waals surface area (Å²) in [5.41, 5.74) is 2.52. The molecule has 6 N–H and O–H groups in total. The van der Waals surface area contributed by atoms with E-state index >= 15 is 0 Å². The maximum atomic E-state index is 14.8. The number of carbonyl (C=O) groups is 8. The molecule has 4 aromatic carbocycles. The van der Waals surface area contributed by atoms with Gasteiger partial charge in [0, 0.05) is 24.5 Å². The van der Waals surface area contributed by atoms with E-state index in [9.17, 15) is 38.4 Å². The number of amides is 8. The Balaban J connectivity index is 0.916.